The van der Waals surface area contributed by atoms with Crippen molar-refractivity contribution in [2.75, 3.05) is 25.0 Å². The van der Waals surface area contributed by atoms with Crippen molar-refractivity contribution in [3.05, 3.63) is 46.9 Å². The minimum atomic E-state index is -2.62. The maximum Gasteiger partial charge on any atom is 0.317 e. The monoisotopic (exact) mass is 511 g/mol. The molecule has 198 valence electrons. The van der Waals surface area contributed by atoms with Crippen molar-refractivity contribution in [2.45, 2.75) is 59.0 Å². The Hall–Kier alpha value is -3.43. The van der Waals surface area contributed by atoms with Crippen molar-refractivity contribution in [3.8, 4) is 11.1 Å². The topological polar surface area (TPSA) is 71.2 Å². The van der Waals surface area contributed by atoms with Crippen molar-refractivity contribution < 1.29 is 13.6 Å². The van der Waals surface area contributed by atoms with Crippen LogP contribution >= 0.6 is 0 Å². The van der Waals surface area contributed by atoms with Gasteiger partial charge in [-0.2, -0.15) is 10.2 Å². The van der Waals surface area contributed by atoms with Gasteiger partial charge in [-0.3, -0.25) is 9.36 Å². The van der Waals surface area contributed by atoms with Crippen LogP contribution in [-0.2, 0) is 26.4 Å². The Balaban J connectivity index is 1.64. The van der Waals surface area contributed by atoms with Crippen LogP contribution in [0.1, 0.15) is 62.0 Å². The Morgan fingerprint density at radius 3 is 2.57 bits per heavy atom. The Morgan fingerprint density at radius 1 is 1.14 bits per heavy atom. The summed E-state index contributed by atoms with van der Waals surface area (Å²) in [5.41, 5.74) is 5.13. The summed E-state index contributed by atoms with van der Waals surface area (Å²) in [6.07, 6.45) is 3.17. The van der Waals surface area contributed by atoms with E-state index in [4.69, 9.17) is 5.10 Å². The highest BCUT2D eigenvalue weighted by atomic mass is 19.3. The molecule has 37 heavy (non-hydrogen) atoms. The molecule has 1 N–H and O–H groups in total. The number of benzene rings is 1. The van der Waals surface area contributed by atoms with E-state index in [-0.39, 0.29) is 17.6 Å². The van der Waals surface area contributed by atoms with Gasteiger partial charge < -0.3 is 15.1 Å². The molecule has 0 aliphatic carbocycles. The Morgan fingerprint density at radius 2 is 1.92 bits per heavy atom. The van der Waals surface area contributed by atoms with Gasteiger partial charge in [0.15, 0.2) is 5.82 Å². The molecule has 2 amide bonds. The number of hydrogen-bond acceptors (Lipinski definition) is 4. The van der Waals surface area contributed by atoms with Crippen LogP contribution < -0.4 is 10.2 Å². The van der Waals surface area contributed by atoms with Crippen LogP contribution in [0, 0.1) is 5.92 Å². The molecular formula is C27H35F2N7O. The summed E-state index contributed by atoms with van der Waals surface area (Å²) >= 11 is 0. The second kappa shape index (κ2) is 9.79. The molecule has 2 aliphatic rings. The first-order chi connectivity index (χ1) is 17.7. The van der Waals surface area contributed by atoms with Crippen molar-refractivity contribution in [3.63, 3.8) is 0 Å². The van der Waals surface area contributed by atoms with Gasteiger partial charge in [0.25, 0.3) is 6.43 Å². The minimum absolute atomic E-state index is 0.00511. The summed E-state index contributed by atoms with van der Waals surface area (Å²) in [5, 5.41) is 12.0. The molecule has 0 radical (unpaired) electrons. The zero-order valence-electron chi connectivity index (χ0n) is 22.1. The van der Waals surface area contributed by atoms with Gasteiger partial charge in [-0.15, -0.1) is 0 Å². The third kappa shape index (κ3) is 4.46. The zero-order valence-corrected chi connectivity index (χ0v) is 22.1. The number of aryl methyl sites for hydroxylation is 2. The van der Waals surface area contributed by atoms with Gasteiger partial charge in [0.1, 0.15) is 0 Å². The standard InChI is InChI=1S/C27H35F2N7O/c1-16(2)17(3)36-23-8-10-34(27(37)30-4)15-22(23)26(32-36)35-9-6-7-18-11-20(19-13-31-33(5)14-19)21(25(28)29)12-24(18)35/h11-14,16-17,25H,6-10,15H2,1-5H3,(H,30,37). The lowest BCUT2D eigenvalue weighted by Crippen LogP contribution is -2.42. The number of nitrogens with zero attached hydrogens (tertiary/aromatic N) is 6. The molecule has 0 bridgehead atoms. The van der Waals surface area contributed by atoms with E-state index in [1.807, 2.05) is 6.07 Å². The summed E-state index contributed by atoms with van der Waals surface area (Å²) in [6, 6.07) is 3.58. The first kappa shape index (κ1) is 25.2. The van der Waals surface area contributed by atoms with E-state index in [9.17, 15) is 13.6 Å². The molecule has 5 rings (SSSR count). The molecule has 3 aromatic rings. The number of rotatable bonds is 5. The van der Waals surface area contributed by atoms with Crippen LogP contribution in [0.25, 0.3) is 11.1 Å². The highest BCUT2D eigenvalue weighted by molar-refractivity contribution is 5.78. The van der Waals surface area contributed by atoms with Gasteiger partial charge in [0, 0.05) is 67.9 Å². The van der Waals surface area contributed by atoms with Gasteiger partial charge in [0.05, 0.1) is 18.8 Å². The van der Waals surface area contributed by atoms with E-state index in [0.29, 0.717) is 43.1 Å². The number of hydrogen-bond donors (Lipinski definition) is 1. The molecular weight excluding hydrogens is 476 g/mol. The maximum atomic E-state index is 14.4. The van der Waals surface area contributed by atoms with E-state index < -0.39 is 6.43 Å². The number of halogens is 2. The Labute approximate surface area is 216 Å². The predicted octanol–water partition coefficient (Wildman–Crippen LogP) is 5.22. The molecule has 2 aliphatic heterocycles. The van der Waals surface area contributed by atoms with Crippen LogP contribution in [0.5, 0.6) is 0 Å². The molecule has 1 aromatic carbocycles. The lowest BCUT2D eigenvalue weighted by atomic mass is 9.92. The van der Waals surface area contributed by atoms with Crippen LogP contribution in [0.4, 0.5) is 25.1 Å². The first-order valence-corrected chi connectivity index (χ1v) is 13.0. The van der Waals surface area contributed by atoms with Crippen LogP contribution in [0.3, 0.4) is 0 Å². The lowest BCUT2D eigenvalue weighted by Gasteiger charge is -2.33. The fourth-order valence-corrected chi connectivity index (χ4v) is 5.46. The van der Waals surface area contributed by atoms with E-state index in [2.05, 4.69) is 40.8 Å². The third-order valence-corrected chi connectivity index (χ3v) is 7.79. The number of amides is 2. The highest BCUT2D eigenvalue weighted by Gasteiger charge is 2.34. The van der Waals surface area contributed by atoms with Gasteiger partial charge in [-0.25, -0.2) is 13.6 Å². The smallest absolute Gasteiger partial charge is 0.317 e. The zero-order chi connectivity index (χ0) is 26.4. The molecule has 0 spiro atoms. The molecule has 2 aromatic heterocycles. The van der Waals surface area contributed by atoms with Crippen LogP contribution in [-0.4, -0.2) is 50.6 Å². The number of anilines is 2. The lowest BCUT2D eigenvalue weighted by molar-refractivity contribution is 0.152. The summed E-state index contributed by atoms with van der Waals surface area (Å²) < 4.78 is 32.4. The molecule has 10 heteroatoms. The summed E-state index contributed by atoms with van der Waals surface area (Å²) in [7, 11) is 3.42. The van der Waals surface area contributed by atoms with E-state index in [1.54, 1.807) is 42.1 Å². The van der Waals surface area contributed by atoms with Crippen LogP contribution in [0.2, 0.25) is 0 Å². The molecule has 8 nitrogen and oxygen atoms in total. The van der Waals surface area contributed by atoms with Gasteiger partial charge in [-0.1, -0.05) is 13.8 Å². The minimum Gasteiger partial charge on any atom is -0.341 e. The number of urea groups is 1. The van der Waals surface area contributed by atoms with E-state index in [1.165, 1.54) is 0 Å². The molecule has 1 unspecified atom stereocenters. The fraction of sp³-hybridized carbons (Fsp3) is 0.519. The van der Waals surface area contributed by atoms with Crippen molar-refractivity contribution >= 4 is 17.5 Å². The molecule has 0 saturated carbocycles. The first-order valence-electron chi connectivity index (χ1n) is 13.0. The predicted molar refractivity (Wildman–Crippen MR) is 139 cm³/mol. The van der Waals surface area contributed by atoms with E-state index in [0.717, 1.165) is 41.2 Å². The molecule has 1 atom stereocenters. The van der Waals surface area contributed by atoms with Gasteiger partial charge >= 0.3 is 6.03 Å². The largest absolute Gasteiger partial charge is 0.341 e. The average Bonchev–Trinajstić information content (AvgIpc) is 3.49. The SMILES string of the molecule is CNC(=O)N1CCc2c(c(N3CCCc4cc(-c5cnn(C)c5)c(C(F)F)cc43)nn2C(C)C(C)C)C1. The summed E-state index contributed by atoms with van der Waals surface area (Å²) in [4.78, 5) is 16.4. The van der Waals surface area contributed by atoms with Gasteiger partial charge in [0.2, 0.25) is 0 Å². The average molecular weight is 512 g/mol. The van der Waals surface area contributed by atoms with Crippen molar-refractivity contribution in [2.24, 2.45) is 13.0 Å². The van der Waals surface area contributed by atoms with Crippen LogP contribution in [0.15, 0.2) is 24.5 Å². The van der Waals surface area contributed by atoms with E-state index >= 15 is 0 Å². The number of nitrogens with one attached hydrogen (secondary N) is 1. The number of carbonyl (C=O) groups excluding carboxylic acids is 1. The number of fused-ring (bicyclic) bond motifs is 2. The number of aromatic nitrogens is 4. The second-order valence-electron chi connectivity index (χ2n) is 10.4. The quantitative estimate of drug-likeness (QED) is 0.510. The van der Waals surface area contributed by atoms with Gasteiger partial charge in [-0.05, 0) is 48.9 Å². The molecule has 0 fully saturated rings. The van der Waals surface area contributed by atoms with Crippen molar-refractivity contribution in [1.29, 1.82) is 0 Å². The number of alkyl halides is 2. The highest BCUT2D eigenvalue weighted by Crippen LogP contribution is 2.43. The Kier molecular flexibility index (Phi) is 6.68. The Bertz CT molecular complexity index is 1310. The maximum absolute atomic E-state index is 14.4. The molecule has 4 heterocycles. The fourth-order valence-electron chi connectivity index (χ4n) is 5.46. The molecule has 0 saturated heterocycles. The third-order valence-electron chi connectivity index (χ3n) is 7.79. The second-order valence-corrected chi connectivity index (χ2v) is 10.4. The number of carbonyl (C=O) groups is 1. The normalized spacial score (nSPS) is 16.2. The summed E-state index contributed by atoms with van der Waals surface area (Å²) in [5.74, 6) is 1.14. The summed E-state index contributed by atoms with van der Waals surface area (Å²) in [6.45, 7) is 8.24. The van der Waals surface area contributed by atoms with Crippen molar-refractivity contribution in [1.82, 2.24) is 29.8 Å².